The van der Waals surface area contributed by atoms with E-state index in [1.807, 2.05) is 24.3 Å². The number of nitrogens with one attached hydrogen (secondary N) is 1. The fraction of sp³-hybridized carbons (Fsp3) is 0.250. The summed E-state index contributed by atoms with van der Waals surface area (Å²) in [7, 11) is 1.72. The summed E-state index contributed by atoms with van der Waals surface area (Å²) in [6, 6.07) is 11.8. The van der Waals surface area contributed by atoms with Crippen molar-refractivity contribution in [2.24, 2.45) is 7.05 Å². The summed E-state index contributed by atoms with van der Waals surface area (Å²) < 4.78 is 16.7. The number of aromatic nitrogens is 4. The van der Waals surface area contributed by atoms with Crippen LogP contribution in [0.15, 0.2) is 47.4 Å². The van der Waals surface area contributed by atoms with Gasteiger partial charge in [-0.15, -0.1) is 0 Å². The van der Waals surface area contributed by atoms with E-state index < -0.39 is 5.82 Å². The Morgan fingerprint density at radius 1 is 1.18 bits per heavy atom. The topological polar surface area (TPSA) is 90.6 Å². The van der Waals surface area contributed by atoms with E-state index >= 15 is 0 Å². The monoisotopic (exact) mass is 502 g/mol. The average Bonchev–Trinajstić information content (AvgIpc) is 3.29. The van der Waals surface area contributed by atoms with Gasteiger partial charge in [0.15, 0.2) is 0 Å². The van der Waals surface area contributed by atoms with Gasteiger partial charge < -0.3 is 0 Å². The SMILES string of the molecule is Cn1c(N2CCC([As])CC2)nc(-c2ccc(C#N)c(F)c2)c(-c2ccc3cn[nH]c3c2)c1=O. The van der Waals surface area contributed by atoms with Gasteiger partial charge in [-0.05, 0) is 0 Å². The number of H-pyrrole nitrogens is 1. The maximum absolute atomic E-state index is 14.6. The second-order valence-electron chi connectivity index (χ2n) is 8.20. The number of rotatable bonds is 3. The minimum absolute atomic E-state index is 0.0496. The van der Waals surface area contributed by atoms with Gasteiger partial charge in [-0.3, -0.25) is 0 Å². The summed E-state index contributed by atoms with van der Waals surface area (Å²) in [6.45, 7) is 1.58. The van der Waals surface area contributed by atoms with Gasteiger partial charge in [-0.25, -0.2) is 0 Å². The zero-order chi connectivity index (χ0) is 23.1. The van der Waals surface area contributed by atoms with Crippen molar-refractivity contribution in [3.8, 4) is 28.5 Å². The van der Waals surface area contributed by atoms with Crippen LogP contribution in [0.25, 0.3) is 33.3 Å². The molecule has 1 N–H and O–H groups in total. The van der Waals surface area contributed by atoms with Gasteiger partial charge in [0, 0.05) is 0 Å². The maximum atomic E-state index is 14.6. The molecule has 2 radical (unpaired) electrons. The van der Waals surface area contributed by atoms with Crippen molar-refractivity contribution in [2.75, 3.05) is 18.0 Å². The van der Waals surface area contributed by atoms with Crippen LogP contribution >= 0.6 is 0 Å². The molecule has 5 rings (SSSR count). The Morgan fingerprint density at radius 2 is 1.94 bits per heavy atom. The summed E-state index contributed by atoms with van der Waals surface area (Å²) in [5, 5.41) is 17.0. The molecule has 2 aromatic heterocycles. The number of hydrogen-bond acceptors (Lipinski definition) is 5. The molecule has 2 aromatic carbocycles. The Balaban J connectivity index is 1.75. The van der Waals surface area contributed by atoms with Gasteiger partial charge in [0.25, 0.3) is 0 Å². The van der Waals surface area contributed by atoms with E-state index in [1.54, 1.807) is 23.9 Å². The fourth-order valence-electron chi connectivity index (χ4n) is 4.25. The van der Waals surface area contributed by atoms with Crippen molar-refractivity contribution in [1.82, 2.24) is 19.7 Å². The standard InChI is InChI=1S/C24H20AsFN6O/c1-31-23(33)21(14-2-5-17-13-28-30-20(17)11-14)22(15-3-4-16(12-27)19(26)10-15)29-24(31)32-8-6-18(25)7-9-32/h2-5,10-11,13,18H,6-9H2,1H3,(H,28,30). The molecule has 0 aliphatic carbocycles. The van der Waals surface area contributed by atoms with Crippen LogP contribution in [0.5, 0.6) is 0 Å². The zero-order valence-corrected chi connectivity index (χ0v) is 19.8. The molecule has 1 fully saturated rings. The Labute approximate surface area is 198 Å². The fourth-order valence-corrected chi connectivity index (χ4v) is 4.74. The van der Waals surface area contributed by atoms with Crippen LogP contribution in [0, 0.1) is 17.1 Å². The van der Waals surface area contributed by atoms with Gasteiger partial charge in [0.1, 0.15) is 0 Å². The third kappa shape index (κ3) is 3.83. The number of hydrogen-bond donors (Lipinski definition) is 1. The first-order valence-corrected chi connectivity index (χ1v) is 11.7. The van der Waals surface area contributed by atoms with Gasteiger partial charge in [-0.1, -0.05) is 0 Å². The van der Waals surface area contributed by atoms with E-state index in [-0.39, 0.29) is 11.1 Å². The molecule has 0 amide bonds. The number of nitriles is 1. The second kappa shape index (κ2) is 8.49. The average molecular weight is 502 g/mol. The van der Waals surface area contributed by atoms with Gasteiger partial charge in [0.05, 0.1) is 6.20 Å². The summed E-state index contributed by atoms with van der Waals surface area (Å²) in [5.41, 5.74) is 2.41. The number of anilines is 1. The van der Waals surface area contributed by atoms with Crippen LogP contribution in [0.4, 0.5) is 10.3 Å². The quantitative estimate of drug-likeness (QED) is 0.433. The van der Waals surface area contributed by atoms with E-state index in [9.17, 15) is 9.18 Å². The van der Waals surface area contributed by atoms with E-state index in [4.69, 9.17) is 10.2 Å². The molecule has 3 heterocycles. The number of aromatic amines is 1. The molecule has 0 unspecified atom stereocenters. The molecule has 0 bridgehead atoms. The third-order valence-electron chi connectivity index (χ3n) is 6.11. The van der Waals surface area contributed by atoms with Gasteiger partial charge in [0.2, 0.25) is 0 Å². The summed E-state index contributed by atoms with van der Waals surface area (Å²) in [6.07, 6.45) is 3.70. The Kier molecular flexibility index (Phi) is 5.51. The van der Waals surface area contributed by atoms with Crippen LogP contribution in [0.3, 0.4) is 0 Å². The minimum atomic E-state index is -0.640. The molecule has 1 aliphatic heterocycles. The van der Waals surface area contributed by atoms with Crippen molar-refractivity contribution >= 4 is 33.7 Å². The van der Waals surface area contributed by atoms with E-state index in [1.165, 1.54) is 12.1 Å². The predicted octanol–water partition coefficient (Wildman–Crippen LogP) is 3.56. The molecular formula is C24H20AsFN6O. The first kappa shape index (κ1) is 21.4. The summed E-state index contributed by atoms with van der Waals surface area (Å²) in [5.74, 6) is -0.0795. The summed E-state index contributed by atoms with van der Waals surface area (Å²) >= 11 is 2.70. The van der Waals surface area contributed by atoms with Crippen molar-refractivity contribution < 1.29 is 4.39 Å². The Hall–Kier alpha value is -3.43. The number of fused-ring (bicyclic) bond motifs is 1. The van der Waals surface area contributed by atoms with E-state index in [2.05, 4.69) is 32.0 Å². The van der Waals surface area contributed by atoms with E-state index in [0.29, 0.717) is 33.0 Å². The predicted molar refractivity (Wildman–Crippen MR) is 126 cm³/mol. The molecule has 0 saturated carbocycles. The van der Waals surface area contributed by atoms with Crippen LogP contribution in [0.1, 0.15) is 18.4 Å². The molecule has 0 spiro atoms. The van der Waals surface area contributed by atoms with Crippen LogP contribution in [-0.2, 0) is 7.05 Å². The number of halogens is 1. The zero-order valence-electron chi connectivity index (χ0n) is 17.9. The van der Waals surface area contributed by atoms with Crippen molar-refractivity contribution in [3.63, 3.8) is 0 Å². The van der Waals surface area contributed by atoms with Crippen molar-refractivity contribution in [2.45, 2.75) is 17.5 Å². The first-order chi connectivity index (χ1) is 16.0. The molecule has 9 heteroatoms. The number of nitrogens with zero attached hydrogens (tertiary/aromatic N) is 5. The number of benzene rings is 2. The summed E-state index contributed by atoms with van der Waals surface area (Å²) in [4.78, 5) is 20.7. The molecule has 33 heavy (non-hydrogen) atoms. The Morgan fingerprint density at radius 3 is 2.67 bits per heavy atom. The van der Waals surface area contributed by atoms with Crippen molar-refractivity contribution in [3.05, 3.63) is 64.3 Å². The van der Waals surface area contributed by atoms with Crippen LogP contribution in [0.2, 0.25) is 4.71 Å². The normalized spacial score (nSPS) is 14.5. The molecular weight excluding hydrogens is 482 g/mol. The first-order valence-electron chi connectivity index (χ1n) is 10.6. The van der Waals surface area contributed by atoms with Crippen LogP contribution in [-0.4, -0.2) is 49.7 Å². The van der Waals surface area contributed by atoms with Crippen molar-refractivity contribution in [1.29, 1.82) is 5.26 Å². The number of piperidine rings is 1. The van der Waals surface area contributed by atoms with Gasteiger partial charge in [-0.2, -0.15) is 10.4 Å². The molecule has 0 atom stereocenters. The molecule has 1 saturated heterocycles. The van der Waals surface area contributed by atoms with Gasteiger partial charge >= 0.3 is 182 Å². The van der Waals surface area contributed by atoms with E-state index in [0.717, 1.165) is 36.8 Å². The molecule has 1 aliphatic rings. The second-order valence-corrected chi connectivity index (χ2v) is 9.73. The third-order valence-corrected chi connectivity index (χ3v) is 7.19. The molecule has 164 valence electrons. The molecule has 4 aromatic rings. The molecule has 7 nitrogen and oxygen atoms in total. The Bertz CT molecular complexity index is 1460. The van der Waals surface area contributed by atoms with Crippen LogP contribution < -0.4 is 10.5 Å².